The number of phenols is 1. The number of benzene rings is 3. The van der Waals surface area contributed by atoms with E-state index in [1.807, 2.05) is 30.3 Å². The molecular weight excluding hydrogens is 345 g/mol. The largest absolute Gasteiger partial charge is 0.508 e. The highest BCUT2D eigenvalue weighted by Crippen LogP contribution is 2.45. The minimum atomic E-state index is -0.183. The second kappa shape index (κ2) is 7.42. The van der Waals surface area contributed by atoms with Crippen LogP contribution in [0.1, 0.15) is 22.8 Å². The molecule has 1 atom stereocenters. The topological polar surface area (TPSA) is 23.5 Å². The molecule has 26 heavy (non-hydrogen) atoms. The summed E-state index contributed by atoms with van der Waals surface area (Å²) in [5.74, 6) is 0.106. The van der Waals surface area contributed by atoms with Crippen molar-refractivity contribution in [3.8, 4) is 5.75 Å². The lowest BCUT2D eigenvalue weighted by Crippen LogP contribution is -2.23. The summed E-state index contributed by atoms with van der Waals surface area (Å²) in [4.78, 5) is 3.55. The molecule has 0 bridgehead atoms. The van der Waals surface area contributed by atoms with Gasteiger partial charge < -0.3 is 10.0 Å². The molecule has 0 saturated heterocycles. The summed E-state index contributed by atoms with van der Waals surface area (Å²) in [7, 11) is 0. The number of hydrogen-bond acceptors (Lipinski definition) is 3. The van der Waals surface area contributed by atoms with E-state index < -0.39 is 0 Å². The van der Waals surface area contributed by atoms with Gasteiger partial charge in [0, 0.05) is 23.2 Å². The van der Waals surface area contributed by atoms with E-state index in [2.05, 4.69) is 23.1 Å². The summed E-state index contributed by atoms with van der Waals surface area (Å²) < 4.78 is 13.7. The minimum Gasteiger partial charge on any atom is -0.508 e. The van der Waals surface area contributed by atoms with Crippen molar-refractivity contribution in [3.05, 3.63) is 89.7 Å². The molecule has 0 amide bonds. The van der Waals surface area contributed by atoms with Gasteiger partial charge in [-0.15, -0.1) is 11.8 Å². The van der Waals surface area contributed by atoms with Crippen molar-refractivity contribution in [1.29, 1.82) is 0 Å². The van der Waals surface area contributed by atoms with E-state index in [9.17, 15) is 9.50 Å². The summed E-state index contributed by atoms with van der Waals surface area (Å²) in [5.41, 5.74) is 3.30. The summed E-state index contributed by atoms with van der Waals surface area (Å²) in [6.07, 6.45) is 0.932. The lowest BCUT2D eigenvalue weighted by atomic mass is 10.1. The molecule has 0 fully saturated rings. The minimum absolute atomic E-state index is 0.183. The second-order valence-corrected chi connectivity index (χ2v) is 7.75. The SMILES string of the molecule is Oc1cccc(CN2CCC(c3cccc(F)c3)Sc3ccccc32)c1. The normalized spacial score (nSPS) is 16.8. The van der Waals surface area contributed by atoms with E-state index in [4.69, 9.17) is 0 Å². The van der Waals surface area contributed by atoms with Crippen LogP contribution in [0.2, 0.25) is 0 Å². The Morgan fingerprint density at radius 1 is 1.00 bits per heavy atom. The number of rotatable bonds is 3. The number of aromatic hydroxyl groups is 1. The zero-order chi connectivity index (χ0) is 17.9. The van der Waals surface area contributed by atoms with Crippen molar-refractivity contribution in [2.45, 2.75) is 23.1 Å². The van der Waals surface area contributed by atoms with Crippen LogP contribution < -0.4 is 4.90 Å². The lowest BCUT2D eigenvalue weighted by Gasteiger charge is -2.24. The highest BCUT2D eigenvalue weighted by atomic mass is 32.2. The molecule has 3 aromatic rings. The highest BCUT2D eigenvalue weighted by Gasteiger charge is 2.23. The maximum atomic E-state index is 13.7. The molecular formula is C22H20FNOS. The molecule has 1 unspecified atom stereocenters. The van der Waals surface area contributed by atoms with Crippen molar-refractivity contribution in [1.82, 2.24) is 0 Å². The number of anilines is 1. The van der Waals surface area contributed by atoms with Crippen LogP contribution in [0.5, 0.6) is 5.75 Å². The Bertz CT molecular complexity index is 914. The summed E-state index contributed by atoms with van der Waals surface area (Å²) in [6, 6.07) is 22.7. The predicted molar refractivity (Wildman–Crippen MR) is 105 cm³/mol. The summed E-state index contributed by atoms with van der Waals surface area (Å²) >= 11 is 1.80. The number of para-hydroxylation sites is 1. The number of fused-ring (bicyclic) bond motifs is 1. The maximum Gasteiger partial charge on any atom is 0.123 e. The number of phenolic OH excluding ortho intramolecular Hbond substituents is 1. The van der Waals surface area contributed by atoms with Crippen LogP contribution in [0.25, 0.3) is 0 Å². The molecule has 2 nitrogen and oxygen atoms in total. The molecule has 132 valence electrons. The van der Waals surface area contributed by atoms with Gasteiger partial charge in [0.15, 0.2) is 0 Å². The molecule has 0 aliphatic carbocycles. The first-order valence-electron chi connectivity index (χ1n) is 8.73. The van der Waals surface area contributed by atoms with Crippen LogP contribution in [0.3, 0.4) is 0 Å². The first kappa shape index (κ1) is 17.0. The van der Waals surface area contributed by atoms with Gasteiger partial charge in [-0.05, 0) is 53.9 Å². The zero-order valence-corrected chi connectivity index (χ0v) is 15.1. The van der Waals surface area contributed by atoms with E-state index in [-0.39, 0.29) is 16.8 Å². The average molecular weight is 365 g/mol. The van der Waals surface area contributed by atoms with Gasteiger partial charge >= 0.3 is 0 Å². The van der Waals surface area contributed by atoms with Crippen molar-refractivity contribution < 1.29 is 9.50 Å². The number of hydrogen-bond donors (Lipinski definition) is 1. The fourth-order valence-electron chi connectivity index (χ4n) is 3.40. The summed E-state index contributed by atoms with van der Waals surface area (Å²) in [5, 5.41) is 9.98. The van der Waals surface area contributed by atoms with Gasteiger partial charge in [-0.25, -0.2) is 4.39 Å². The van der Waals surface area contributed by atoms with Crippen LogP contribution in [0.15, 0.2) is 77.7 Å². The van der Waals surface area contributed by atoms with Crippen LogP contribution >= 0.6 is 11.8 Å². The third-order valence-corrected chi connectivity index (χ3v) is 6.03. The Balaban J connectivity index is 1.64. The van der Waals surface area contributed by atoms with E-state index in [1.54, 1.807) is 30.0 Å². The van der Waals surface area contributed by atoms with Gasteiger partial charge in [0.05, 0.1) is 5.69 Å². The smallest absolute Gasteiger partial charge is 0.123 e. The molecule has 1 aliphatic rings. The number of nitrogens with zero attached hydrogens (tertiary/aromatic N) is 1. The van der Waals surface area contributed by atoms with Crippen molar-refractivity contribution >= 4 is 17.4 Å². The van der Waals surface area contributed by atoms with Gasteiger partial charge in [0.25, 0.3) is 0 Å². The van der Waals surface area contributed by atoms with E-state index in [0.29, 0.717) is 0 Å². The molecule has 4 heteroatoms. The fourth-order valence-corrected chi connectivity index (χ4v) is 4.69. The van der Waals surface area contributed by atoms with Crippen LogP contribution in [-0.4, -0.2) is 11.7 Å². The Labute approximate surface area is 157 Å². The van der Waals surface area contributed by atoms with Gasteiger partial charge in [-0.3, -0.25) is 0 Å². The standard InChI is InChI=1S/C22H20FNOS/c23-18-7-4-6-17(14-18)21-11-12-24(15-16-5-3-8-19(25)13-16)20-9-1-2-10-22(20)26-21/h1-10,13-14,21,25H,11-12,15H2. The first-order valence-corrected chi connectivity index (χ1v) is 9.61. The van der Waals surface area contributed by atoms with Gasteiger partial charge in [0.1, 0.15) is 11.6 Å². The van der Waals surface area contributed by atoms with E-state index in [0.717, 1.165) is 30.6 Å². The van der Waals surface area contributed by atoms with Gasteiger partial charge in [-0.2, -0.15) is 0 Å². The quantitative estimate of drug-likeness (QED) is 0.637. The number of thioether (sulfide) groups is 1. The molecule has 4 rings (SSSR count). The third-order valence-electron chi connectivity index (χ3n) is 4.64. The van der Waals surface area contributed by atoms with Crippen molar-refractivity contribution in [2.24, 2.45) is 0 Å². The first-order chi connectivity index (χ1) is 12.7. The molecule has 1 heterocycles. The van der Waals surface area contributed by atoms with Crippen LogP contribution in [-0.2, 0) is 6.54 Å². The maximum absolute atomic E-state index is 13.7. The molecule has 1 aliphatic heterocycles. The molecule has 0 spiro atoms. The summed E-state index contributed by atoms with van der Waals surface area (Å²) in [6.45, 7) is 1.61. The Morgan fingerprint density at radius 3 is 2.69 bits per heavy atom. The zero-order valence-electron chi connectivity index (χ0n) is 14.3. The Hall–Kier alpha value is -2.46. The Morgan fingerprint density at radius 2 is 1.85 bits per heavy atom. The Kier molecular flexibility index (Phi) is 4.85. The fraction of sp³-hybridized carbons (Fsp3) is 0.182. The lowest BCUT2D eigenvalue weighted by molar-refractivity contribution is 0.474. The van der Waals surface area contributed by atoms with Crippen molar-refractivity contribution in [2.75, 3.05) is 11.4 Å². The number of halogens is 1. The van der Waals surface area contributed by atoms with E-state index >= 15 is 0 Å². The molecule has 0 aromatic heterocycles. The molecule has 3 aromatic carbocycles. The highest BCUT2D eigenvalue weighted by molar-refractivity contribution is 7.99. The molecule has 0 radical (unpaired) electrons. The predicted octanol–water partition coefficient (Wildman–Crippen LogP) is 5.78. The third kappa shape index (κ3) is 3.70. The molecule has 0 saturated carbocycles. The second-order valence-electron chi connectivity index (χ2n) is 6.51. The molecule has 1 N–H and O–H groups in total. The van der Waals surface area contributed by atoms with Crippen LogP contribution in [0.4, 0.5) is 10.1 Å². The average Bonchev–Trinajstić information content (AvgIpc) is 2.82. The van der Waals surface area contributed by atoms with E-state index in [1.165, 1.54) is 16.6 Å². The monoisotopic (exact) mass is 365 g/mol. The van der Waals surface area contributed by atoms with Crippen LogP contribution in [0, 0.1) is 5.82 Å². The van der Waals surface area contributed by atoms with Crippen molar-refractivity contribution in [3.63, 3.8) is 0 Å². The van der Waals surface area contributed by atoms with Gasteiger partial charge in [0.2, 0.25) is 0 Å². The van der Waals surface area contributed by atoms with Gasteiger partial charge in [-0.1, -0.05) is 36.4 Å².